The quantitative estimate of drug-likeness (QED) is 0.608. The lowest BCUT2D eigenvalue weighted by Gasteiger charge is -2.07. The highest BCUT2D eigenvalue weighted by molar-refractivity contribution is 6.30. The summed E-state index contributed by atoms with van der Waals surface area (Å²) in [6.07, 6.45) is 1.55. The molecule has 1 aromatic rings. The van der Waals surface area contributed by atoms with Gasteiger partial charge in [-0.1, -0.05) is 23.7 Å². The van der Waals surface area contributed by atoms with Crippen molar-refractivity contribution in [2.75, 3.05) is 19.0 Å². The van der Waals surface area contributed by atoms with Crippen LogP contribution in [0.4, 0.5) is 4.79 Å². The Hall–Kier alpha value is -0.930. The number of carbonyl (C=O) groups is 1. The lowest BCUT2D eigenvalue weighted by molar-refractivity contribution is 0.241. The Bertz CT molecular complexity index is 358. The second-order valence-electron chi connectivity index (χ2n) is 3.61. The molecule has 0 saturated heterocycles. The lowest BCUT2D eigenvalue weighted by atomic mass is 10.1. The van der Waals surface area contributed by atoms with Crippen molar-refractivity contribution in [1.82, 2.24) is 10.6 Å². The maximum atomic E-state index is 11.3. The normalized spacial score (nSPS) is 10.0. The minimum atomic E-state index is -0.155. The number of hydrogen-bond acceptors (Lipinski definition) is 1. The molecule has 0 spiro atoms. The van der Waals surface area contributed by atoms with E-state index in [1.807, 2.05) is 24.3 Å². The van der Waals surface area contributed by atoms with Crippen molar-refractivity contribution in [2.45, 2.75) is 12.8 Å². The van der Waals surface area contributed by atoms with Gasteiger partial charge in [0, 0.05) is 24.0 Å². The summed E-state index contributed by atoms with van der Waals surface area (Å²) in [7, 11) is 0. The van der Waals surface area contributed by atoms with Gasteiger partial charge in [-0.2, -0.15) is 0 Å². The first-order valence-electron chi connectivity index (χ1n) is 5.54. The largest absolute Gasteiger partial charge is 0.338 e. The molecular formula is C12H16Cl2N2O. The summed E-state index contributed by atoms with van der Waals surface area (Å²) >= 11 is 11.4. The van der Waals surface area contributed by atoms with Crippen LogP contribution in [0.2, 0.25) is 5.02 Å². The van der Waals surface area contributed by atoms with Crippen LogP contribution in [0.1, 0.15) is 12.0 Å². The van der Waals surface area contributed by atoms with E-state index in [9.17, 15) is 4.79 Å². The highest BCUT2D eigenvalue weighted by Gasteiger charge is 1.99. The molecule has 3 nitrogen and oxygen atoms in total. The summed E-state index contributed by atoms with van der Waals surface area (Å²) in [5, 5.41) is 6.21. The zero-order valence-electron chi connectivity index (χ0n) is 9.51. The van der Waals surface area contributed by atoms with Crippen LogP contribution < -0.4 is 10.6 Å². The fourth-order valence-electron chi connectivity index (χ4n) is 1.34. The lowest BCUT2D eigenvalue weighted by Crippen LogP contribution is -2.37. The number of carbonyl (C=O) groups excluding carboxylic acids is 1. The standard InChI is InChI=1S/C12H16Cl2N2O/c13-6-2-7-15-12(17)16-8-5-10-3-1-4-11(14)9-10/h1,3-4,9H,2,5-8H2,(H2,15,16,17). The number of hydrogen-bond donors (Lipinski definition) is 2. The van der Waals surface area contributed by atoms with E-state index in [4.69, 9.17) is 23.2 Å². The Labute approximate surface area is 111 Å². The molecule has 94 valence electrons. The van der Waals surface area contributed by atoms with Crippen LogP contribution in [0.15, 0.2) is 24.3 Å². The van der Waals surface area contributed by atoms with Gasteiger partial charge in [0.15, 0.2) is 0 Å². The Morgan fingerprint density at radius 2 is 2.00 bits per heavy atom. The number of nitrogens with one attached hydrogen (secondary N) is 2. The van der Waals surface area contributed by atoms with Gasteiger partial charge < -0.3 is 10.6 Å². The SMILES string of the molecule is O=C(NCCCCl)NCCc1cccc(Cl)c1. The summed E-state index contributed by atoms with van der Waals surface area (Å²) in [4.78, 5) is 11.3. The van der Waals surface area contributed by atoms with Gasteiger partial charge in [0.1, 0.15) is 0 Å². The zero-order chi connectivity index (χ0) is 12.5. The molecular weight excluding hydrogens is 259 g/mol. The third-order valence-electron chi connectivity index (χ3n) is 2.18. The van der Waals surface area contributed by atoms with E-state index in [1.54, 1.807) is 0 Å². The van der Waals surface area contributed by atoms with Crippen molar-refractivity contribution >= 4 is 29.2 Å². The van der Waals surface area contributed by atoms with Gasteiger partial charge in [0.2, 0.25) is 0 Å². The van der Waals surface area contributed by atoms with E-state index >= 15 is 0 Å². The van der Waals surface area contributed by atoms with E-state index in [0.717, 1.165) is 18.4 Å². The van der Waals surface area contributed by atoms with Gasteiger partial charge in [-0.15, -0.1) is 11.6 Å². The molecule has 1 aromatic carbocycles. The summed E-state index contributed by atoms with van der Waals surface area (Å²) < 4.78 is 0. The maximum Gasteiger partial charge on any atom is 0.314 e. The molecule has 1 rings (SSSR count). The molecule has 0 atom stereocenters. The van der Waals surface area contributed by atoms with Gasteiger partial charge in [-0.25, -0.2) is 4.79 Å². The molecule has 0 fully saturated rings. The molecule has 0 aliphatic rings. The summed E-state index contributed by atoms with van der Waals surface area (Å²) in [6.45, 7) is 1.19. The van der Waals surface area contributed by atoms with Crippen LogP contribution in [-0.2, 0) is 6.42 Å². The molecule has 17 heavy (non-hydrogen) atoms. The molecule has 2 N–H and O–H groups in total. The molecule has 0 saturated carbocycles. The number of urea groups is 1. The van der Waals surface area contributed by atoms with Crippen molar-refractivity contribution < 1.29 is 4.79 Å². The first-order chi connectivity index (χ1) is 8.22. The average molecular weight is 275 g/mol. The molecule has 0 aliphatic heterocycles. The highest BCUT2D eigenvalue weighted by atomic mass is 35.5. The van der Waals surface area contributed by atoms with Crippen LogP contribution in [0.5, 0.6) is 0 Å². The van der Waals surface area contributed by atoms with Crippen molar-refractivity contribution in [3.63, 3.8) is 0 Å². The number of halogens is 2. The molecule has 2 amide bonds. The van der Waals surface area contributed by atoms with Crippen molar-refractivity contribution in [3.8, 4) is 0 Å². The molecule has 0 unspecified atom stereocenters. The third kappa shape index (κ3) is 6.39. The number of rotatable bonds is 6. The van der Waals surface area contributed by atoms with Gasteiger partial charge in [0.25, 0.3) is 0 Å². The fourth-order valence-corrected chi connectivity index (χ4v) is 1.69. The Morgan fingerprint density at radius 1 is 1.24 bits per heavy atom. The van der Waals surface area contributed by atoms with Crippen LogP contribution >= 0.6 is 23.2 Å². The number of amides is 2. The summed E-state index contributed by atoms with van der Waals surface area (Å²) in [5.74, 6) is 0.558. The Balaban J connectivity index is 2.17. The summed E-state index contributed by atoms with van der Waals surface area (Å²) in [6, 6.07) is 7.46. The predicted octanol–water partition coefficient (Wildman–Crippen LogP) is 2.81. The molecule has 0 heterocycles. The fraction of sp³-hybridized carbons (Fsp3) is 0.417. The minimum absolute atomic E-state index is 0.155. The van der Waals surface area contributed by atoms with Gasteiger partial charge in [0.05, 0.1) is 0 Å². The smallest absolute Gasteiger partial charge is 0.314 e. The van der Waals surface area contributed by atoms with Crippen LogP contribution in [0.3, 0.4) is 0 Å². The molecule has 5 heteroatoms. The van der Waals surface area contributed by atoms with Crippen LogP contribution in [0.25, 0.3) is 0 Å². The van der Waals surface area contributed by atoms with Gasteiger partial charge in [-0.05, 0) is 30.5 Å². The molecule has 0 radical (unpaired) electrons. The molecule has 0 aromatic heterocycles. The van der Waals surface area contributed by atoms with Crippen molar-refractivity contribution in [3.05, 3.63) is 34.9 Å². The predicted molar refractivity (Wildman–Crippen MR) is 71.9 cm³/mol. The number of alkyl halides is 1. The molecule has 0 bridgehead atoms. The van der Waals surface area contributed by atoms with E-state index < -0.39 is 0 Å². The van der Waals surface area contributed by atoms with E-state index in [2.05, 4.69) is 10.6 Å². The zero-order valence-corrected chi connectivity index (χ0v) is 11.0. The van der Waals surface area contributed by atoms with E-state index in [0.29, 0.717) is 24.0 Å². The van der Waals surface area contributed by atoms with Crippen LogP contribution in [-0.4, -0.2) is 25.0 Å². The average Bonchev–Trinajstić information content (AvgIpc) is 2.29. The minimum Gasteiger partial charge on any atom is -0.338 e. The highest BCUT2D eigenvalue weighted by Crippen LogP contribution is 2.10. The van der Waals surface area contributed by atoms with Crippen molar-refractivity contribution in [2.24, 2.45) is 0 Å². The van der Waals surface area contributed by atoms with E-state index in [1.165, 1.54) is 0 Å². The van der Waals surface area contributed by atoms with Gasteiger partial charge >= 0.3 is 6.03 Å². The Morgan fingerprint density at radius 3 is 2.71 bits per heavy atom. The second-order valence-corrected chi connectivity index (χ2v) is 4.42. The Kier molecular flexibility index (Phi) is 6.82. The second kappa shape index (κ2) is 8.20. The van der Waals surface area contributed by atoms with Crippen molar-refractivity contribution in [1.29, 1.82) is 0 Å². The maximum absolute atomic E-state index is 11.3. The monoisotopic (exact) mass is 274 g/mol. The van der Waals surface area contributed by atoms with E-state index in [-0.39, 0.29) is 6.03 Å². The summed E-state index contributed by atoms with van der Waals surface area (Å²) in [5.41, 5.74) is 1.11. The van der Waals surface area contributed by atoms with Gasteiger partial charge in [-0.3, -0.25) is 0 Å². The topological polar surface area (TPSA) is 41.1 Å². The molecule has 0 aliphatic carbocycles. The first-order valence-corrected chi connectivity index (χ1v) is 6.45. The third-order valence-corrected chi connectivity index (χ3v) is 2.69. The first kappa shape index (κ1) is 14.1. The number of benzene rings is 1. The van der Waals surface area contributed by atoms with Crippen LogP contribution in [0, 0.1) is 0 Å².